The molecule has 0 radical (unpaired) electrons. The van der Waals surface area contributed by atoms with Gasteiger partial charge in [-0.05, 0) is 5.92 Å². The Labute approximate surface area is 72.9 Å². The first-order valence-corrected chi connectivity index (χ1v) is 3.82. The maximum Gasteiger partial charge on any atom is 0.215 e. The van der Waals surface area contributed by atoms with Crippen molar-refractivity contribution in [1.82, 2.24) is 4.90 Å². The van der Waals surface area contributed by atoms with E-state index in [4.69, 9.17) is 16.9 Å². The van der Waals surface area contributed by atoms with Crippen LogP contribution in [0.3, 0.4) is 0 Å². The molecule has 0 aliphatic rings. The quantitative estimate of drug-likeness (QED) is 0.396. The molecular weight excluding hydrogens is 154 g/mol. The molecule has 0 spiro atoms. The molecule has 0 atom stereocenters. The second-order valence-electron chi connectivity index (χ2n) is 3.13. The van der Waals surface area contributed by atoms with Gasteiger partial charge in [-0.2, -0.15) is 4.99 Å². The molecule has 0 aromatic rings. The topological polar surface area (TPSA) is 91.5 Å². The molecule has 70 valence electrons. The molecule has 0 aliphatic heterocycles. The number of hydrogen-bond donors (Lipinski definition) is 3. The SMILES string of the molecule is CC(C)CN(C)C(N)=NC(=N)N. The van der Waals surface area contributed by atoms with E-state index in [1.54, 1.807) is 4.90 Å². The van der Waals surface area contributed by atoms with E-state index in [1.807, 2.05) is 7.05 Å². The van der Waals surface area contributed by atoms with Crippen molar-refractivity contribution in [2.45, 2.75) is 13.8 Å². The third kappa shape index (κ3) is 4.54. The van der Waals surface area contributed by atoms with E-state index in [2.05, 4.69) is 18.8 Å². The predicted octanol–water partition coefficient (Wildman–Crippen LogP) is -0.218. The van der Waals surface area contributed by atoms with Crippen molar-refractivity contribution in [3.05, 3.63) is 0 Å². The minimum Gasteiger partial charge on any atom is -0.369 e. The summed E-state index contributed by atoms with van der Waals surface area (Å²) in [6, 6.07) is 0. The Kier molecular flexibility index (Phi) is 4.10. The standard InChI is InChI=1S/C7H17N5/c1-5(2)4-12(3)7(10)11-6(8)9/h5H,4H2,1-3H3,(H5,8,9,10,11). The number of nitrogens with one attached hydrogen (secondary N) is 1. The molecule has 0 aromatic heterocycles. The Bertz CT molecular complexity index is 184. The molecule has 0 heterocycles. The molecule has 0 saturated carbocycles. The van der Waals surface area contributed by atoms with Crippen molar-refractivity contribution in [2.24, 2.45) is 22.4 Å². The van der Waals surface area contributed by atoms with Gasteiger partial charge in [-0.25, -0.2) is 0 Å². The summed E-state index contributed by atoms with van der Waals surface area (Å²) in [6.45, 7) is 4.97. The van der Waals surface area contributed by atoms with E-state index < -0.39 is 0 Å². The van der Waals surface area contributed by atoms with E-state index in [0.29, 0.717) is 5.92 Å². The maximum absolute atomic E-state index is 6.88. The monoisotopic (exact) mass is 171 g/mol. The van der Waals surface area contributed by atoms with Crippen molar-refractivity contribution >= 4 is 11.9 Å². The van der Waals surface area contributed by atoms with Crippen molar-refractivity contribution in [1.29, 1.82) is 5.41 Å². The van der Waals surface area contributed by atoms with Gasteiger partial charge in [0.1, 0.15) is 0 Å². The van der Waals surface area contributed by atoms with E-state index >= 15 is 0 Å². The highest BCUT2D eigenvalue weighted by Crippen LogP contribution is 1.94. The molecule has 5 N–H and O–H groups in total. The third-order valence-corrected chi connectivity index (χ3v) is 1.27. The fourth-order valence-corrected chi connectivity index (χ4v) is 0.850. The van der Waals surface area contributed by atoms with Gasteiger partial charge in [0.25, 0.3) is 0 Å². The summed E-state index contributed by atoms with van der Waals surface area (Å²) >= 11 is 0. The fourth-order valence-electron chi connectivity index (χ4n) is 0.850. The van der Waals surface area contributed by atoms with Gasteiger partial charge in [-0.3, -0.25) is 5.41 Å². The van der Waals surface area contributed by atoms with Gasteiger partial charge in [-0.15, -0.1) is 0 Å². The van der Waals surface area contributed by atoms with Crippen LogP contribution in [0.2, 0.25) is 0 Å². The number of hydrogen-bond acceptors (Lipinski definition) is 1. The normalized spacial score (nSPS) is 11.8. The van der Waals surface area contributed by atoms with Crippen molar-refractivity contribution in [3.8, 4) is 0 Å². The lowest BCUT2D eigenvalue weighted by molar-refractivity contribution is 0.421. The van der Waals surface area contributed by atoms with Gasteiger partial charge < -0.3 is 16.4 Å². The second-order valence-corrected chi connectivity index (χ2v) is 3.13. The van der Waals surface area contributed by atoms with E-state index in [-0.39, 0.29) is 11.9 Å². The van der Waals surface area contributed by atoms with Crippen LogP contribution in [0, 0.1) is 11.3 Å². The van der Waals surface area contributed by atoms with Gasteiger partial charge in [0.05, 0.1) is 0 Å². The Morgan fingerprint density at radius 2 is 2.00 bits per heavy atom. The highest BCUT2D eigenvalue weighted by Gasteiger charge is 2.03. The van der Waals surface area contributed by atoms with Gasteiger partial charge in [0, 0.05) is 13.6 Å². The molecule has 0 bridgehead atoms. The molecule has 0 rings (SSSR count). The lowest BCUT2D eigenvalue weighted by Crippen LogP contribution is -2.37. The zero-order valence-corrected chi connectivity index (χ0v) is 7.83. The van der Waals surface area contributed by atoms with Crippen LogP contribution in [0.4, 0.5) is 0 Å². The molecule has 12 heavy (non-hydrogen) atoms. The lowest BCUT2D eigenvalue weighted by Gasteiger charge is -2.19. The van der Waals surface area contributed by atoms with Gasteiger partial charge in [-0.1, -0.05) is 13.8 Å². The molecule has 0 unspecified atom stereocenters. The molecule has 0 fully saturated rings. The molecule has 5 heteroatoms. The Hall–Kier alpha value is -1.26. The summed E-state index contributed by atoms with van der Waals surface area (Å²) in [5.74, 6) is 0.537. The number of rotatable bonds is 2. The highest BCUT2D eigenvalue weighted by molar-refractivity contribution is 5.91. The summed E-state index contributed by atoms with van der Waals surface area (Å²) in [4.78, 5) is 5.38. The first-order valence-electron chi connectivity index (χ1n) is 3.82. The Morgan fingerprint density at radius 3 is 2.33 bits per heavy atom. The average molecular weight is 171 g/mol. The Morgan fingerprint density at radius 1 is 1.50 bits per heavy atom. The van der Waals surface area contributed by atoms with Crippen molar-refractivity contribution < 1.29 is 0 Å². The summed E-state index contributed by atoms with van der Waals surface area (Å²) in [5.41, 5.74) is 10.6. The van der Waals surface area contributed by atoms with Crippen molar-refractivity contribution in [2.75, 3.05) is 13.6 Å². The van der Waals surface area contributed by atoms with Crippen LogP contribution in [0.25, 0.3) is 0 Å². The van der Waals surface area contributed by atoms with Crippen LogP contribution >= 0.6 is 0 Å². The average Bonchev–Trinajstić information content (AvgIpc) is 1.84. The highest BCUT2D eigenvalue weighted by atomic mass is 15.2. The van der Waals surface area contributed by atoms with Gasteiger partial charge in [0.2, 0.25) is 5.96 Å². The molecule has 0 aliphatic carbocycles. The van der Waals surface area contributed by atoms with Crippen LogP contribution < -0.4 is 11.5 Å². The predicted molar refractivity (Wildman–Crippen MR) is 51.0 cm³/mol. The van der Waals surface area contributed by atoms with E-state index in [1.165, 1.54) is 0 Å². The summed E-state index contributed by atoms with van der Waals surface area (Å²) in [7, 11) is 1.82. The smallest absolute Gasteiger partial charge is 0.215 e. The number of guanidine groups is 2. The number of aliphatic imine (C=N–C) groups is 1. The van der Waals surface area contributed by atoms with Crippen LogP contribution in [0.1, 0.15) is 13.8 Å². The molecule has 5 nitrogen and oxygen atoms in total. The summed E-state index contributed by atoms with van der Waals surface area (Å²) < 4.78 is 0. The number of nitrogens with zero attached hydrogens (tertiary/aromatic N) is 2. The van der Waals surface area contributed by atoms with Gasteiger partial charge in [0.15, 0.2) is 5.96 Å². The largest absolute Gasteiger partial charge is 0.369 e. The lowest BCUT2D eigenvalue weighted by atomic mass is 10.2. The summed E-state index contributed by atoms with van der Waals surface area (Å²) in [5, 5.41) is 6.88. The minimum atomic E-state index is -0.261. The maximum atomic E-state index is 6.88. The third-order valence-electron chi connectivity index (χ3n) is 1.27. The summed E-state index contributed by atoms with van der Waals surface area (Å²) in [6.07, 6.45) is 0. The number of nitrogens with two attached hydrogens (primary N) is 2. The minimum absolute atomic E-state index is 0.261. The second kappa shape index (κ2) is 4.58. The molecule has 0 saturated heterocycles. The van der Waals surface area contributed by atoms with Crippen LogP contribution in [-0.2, 0) is 0 Å². The molecule has 0 aromatic carbocycles. The van der Waals surface area contributed by atoms with Crippen molar-refractivity contribution in [3.63, 3.8) is 0 Å². The van der Waals surface area contributed by atoms with Crippen LogP contribution in [0.15, 0.2) is 4.99 Å². The first kappa shape index (κ1) is 10.7. The Balaban J connectivity index is 4.09. The fraction of sp³-hybridized carbons (Fsp3) is 0.714. The van der Waals surface area contributed by atoms with E-state index in [0.717, 1.165) is 6.54 Å². The molecular formula is C7H17N5. The molecule has 0 amide bonds. The van der Waals surface area contributed by atoms with Gasteiger partial charge >= 0.3 is 0 Å². The van der Waals surface area contributed by atoms with E-state index in [9.17, 15) is 0 Å². The van der Waals surface area contributed by atoms with Crippen LogP contribution in [0.5, 0.6) is 0 Å². The zero-order valence-electron chi connectivity index (χ0n) is 7.83. The zero-order chi connectivity index (χ0) is 9.72. The van der Waals surface area contributed by atoms with Crippen LogP contribution in [-0.4, -0.2) is 30.4 Å². The first-order chi connectivity index (χ1) is 5.43.